The van der Waals surface area contributed by atoms with Crippen molar-refractivity contribution in [1.82, 2.24) is 14.6 Å². The van der Waals surface area contributed by atoms with E-state index in [1.165, 1.54) is 0 Å². The first-order valence-electron chi connectivity index (χ1n) is 6.05. The van der Waals surface area contributed by atoms with Crippen LogP contribution in [0.3, 0.4) is 0 Å². The van der Waals surface area contributed by atoms with Crippen LogP contribution in [-0.2, 0) is 16.3 Å². The third-order valence-electron chi connectivity index (χ3n) is 3.50. The van der Waals surface area contributed by atoms with E-state index in [1.54, 1.807) is 0 Å². The van der Waals surface area contributed by atoms with Gasteiger partial charge in [-0.3, -0.25) is 4.40 Å². The number of aryl methyl sites for hydroxylation is 1. The number of hydrogen-bond donors (Lipinski definition) is 0. The molecule has 3 heterocycles. The highest BCUT2D eigenvalue weighted by atomic mass is 32.2. The largest absolute Gasteiger partial charge is 0.286 e. The Kier molecular flexibility index (Phi) is 2.62. The molecule has 96 valence electrons. The van der Waals surface area contributed by atoms with Crippen molar-refractivity contribution in [3.05, 3.63) is 29.7 Å². The first-order valence-corrected chi connectivity index (χ1v) is 7.87. The first kappa shape index (κ1) is 11.6. The highest BCUT2D eigenvalue weighted by Gasteiger charge is 2.29. The van der Waals surface area contributed by atoms with Crippen LogP contribution in [0, 0.1) is 12.8 Å². The molecule has 0 aromatic carbocycles. The lowest BCUT2D eigenvalue weighted by atomic mass is 10.1. The predicted octanol–water partition coefficient (Wildman–Crippen LogP) is 1.01. The molecule has 1 aliphatic rings. The third kappa shape index (κ3) is 2.01. The average Bonchev–Trinajstić information content (AvgIpc) is 2.85. The molecule has 2 aromatic heterocycles. The van der Waals surface area contributed by atoms with Gasteiger partial charge in [0.1, 0.15) is 5.82 Å². The van der Waals surface area contributed by atoms with Gasteiger partial charge in [0.05, 0.1) is 11.5 Å². The SMILES string of the molecule is Cc1cccn2c(CC3CCS(=O)(=O)C3)nnc12. The summed E-state index contributed by atoms with van der Waals surface area (Å²) in [6.07, 6.45) is 3.36. The Bertz CT molecular complexity index is 690. The van der Waals surface area contributed by atoms with Crippen molar-refractivity contribution in [3.8, 4) is 0 Å². The van der Waals surface area contributed by atoms with E-state index in [1.807, 2.05) is 29.7 Å². The lowest BCUT2D eigenvalue weighted by Gasteiger charge is -2.05. The second kappa shape index (κ2) is 4.05. The molecule has 1 aliphatic heterocycles. The van der Waals surface area contributed by atoms with Crippen molar-refractivity contribution in [2.24, 2.45) is 5.92 Å². The molecule has 0 spiro atoms. The van der Waals surface area contributed by atoms with Gasteiger partial charge in [-0.05, 0) is 30.9 Å². The molecular formula is C12H15N3O2S. The lowest BCUT2D eigenvalue weighted by molar-refractivity contribution is 0.566. The highest BCUT2D eigenvalue weighted by Crippen LogP contribution is 2.22. The molecule has 1 saturated heterocycles. The van der Waals surface area contributed by atoms with Crippen LogP contribution in [-0.4, -0.2) is 34.5 Å². The summed E-state index contributed by atoms with van der Waals surface area (Å²) in [5, 5.41) is 8.35. The van der Waals surface area contributed by atoms with Crippen molar-refractivity contribution >= 4 is 15.5 Å². The number of fused-ring (bicyclic) bond motifs is 1. The van der Waals surface area contributed by atoms with Gasteiger partial charge < -0.3 is 0 Å². The summed E-state index contributed by atoms with van der Waals surface area (Å²) >= 11 is 0. The quantitative estimate of drug-likeness (QED) is 0.813. The average molecular weight is 265 g/mol. The van der Waals surface area contributed by atoms with Crippen LogP contribution in [0.25, 0.3) is 5.65 Å². The van der Waals surface area contributed by atoms with E-state index in [-0.39, 0.29) is 11.7 Å². The van der Waals surface area contributed by atoms with Gasteiger partial charge in [-0.1, -0.05) is 6.07 Å². The number of sulfone groups is 1. The molecular weight excluding hydrogens is 250 g/mol. The molecule has 18 heavy (non-hydrogen) atoms. The monoisotopic (exact) mass is 265 g/mol. The summed E-state index contributed by atoms with van der Waals surface area (Å²) in [6.45, 7) is 1.99. The molecule has 0 bridgehead atoms. The molecule has 1 atom stereocenters. The van der Waals surface area contributed by atoms with Gasteiger partial charge in [0.2, 0.25) is 0 Å². The maximum atomic E-state index is 11.4. The van der Waals surface area contributed by atoms with E-state index >= 15 is 0 Å². The normalized spacial score (nSPS) is 22.6. The zero-order valence-electron chi connectivity index (χ0n) is 10.2. The van der Waals surface area contributed by atoms with Gasteiger partial charge >= 0.3 is 0 Å². The fourth-order valence-electron chi connectivity index (χ4n) is 2.53. The number of nitrogens with zero attached hydrogens (tertiary/aromatic N) is 3. The van der Waals surface area contributed by atoms with Crippen LogP contribution in [0.2, 0.25) is 0 Å². The minimum absolute atomic E-state index is 0.183. The van der Waals surface area contributed by atoms with Gasteiger partial charge in [-0.25, -0.2) is 8.42 Å². The predicted molar refractivity (Wildman–Crippen MR) is 68.2 cm³/mol. The number of pyridine rings is 1. The van der Waals surface area contributed by atoms with E-state index in [9.17, 15) is 8.42 Å². The standard InChI is InChI=1S/C12H15N3O2S/c1-9-3-2-5-15-11(13-14-12(9)15)7-10-4-6-18(16,17)8-10/h2-3,5,10H,4,6-8H2,1H3. The molecule has 3 rings (SSSR count). The summed E-state index contributed by atoms with van der Waals surface area (Å²) in [5.41, 5.74) is 1.93. The van der Waals surface area contributed by atoms with E-state index in [4.69, 9.17) is 0 Å². The van der Waals surface area contributed by atoms with Gasteiger partial charge in [-0.2, -0.15) is 0 Å². The molecule has 0 N–H and O–H groups in total. The van der Waals surface area contributed by atoms with Crippen molar-refractivity contribution in [1.29, 1.82) is 0 Å². The number of hydrogen-bond acceptors (Lipinski definition) is 4. The van der Waals surface area contributed by atoms with Crippen molar-refractivity contribution in [2.75, 3.05) is 11.5 Å². The van der Waals surface area contributed by atoms with E-state index < -0.39 is 9.84 Å². The second-order valence-corrected chi connectivity index (χ2v) is 7.20. The molecule has 0 radical (unpaired) electrons. The molecule has 5 nitrogen and oxygen atoms in total. The van der Waals surface area contributed by atoms with Crippen LogP contribution in [0.15, 0.2) is 18.3 Å². The van der Waals surface area contributed by atoms with Gasteiger partial charge in [0, 0.05) is 12.6 Å². The first-order chi connectivity index (χ1) is 8.55. The maximum absolute atomic E-state index is 11.4. The zero-order valence-corrected chi connectivity index (χ0v) is 11.0. The van der Waals surface area contributed by atoms with Crippen molar-refractivity contribution in [3.63, 3.8) is 0 Å². The highest BCUT2D eigenvalue weighted by molar-refractivity contribution is 7.91. The number of rotatable bonds is 2. The van der Waals surface area contributed by atoms with Crippen LogP contribution in [0.4, 0.5) is 0 Å². The van der Waals surface area contributed by atoms with Crippen LogP contribution in [0.5, 0.6) is 0 Å². The van der Waals surface area contributed by atoms with Gasteiger partial charge in [-0.15, -0.1) is 10.2 Å². The van der Waals surface area contributed by atoms with E-state index in [2.05, 4.69) is 10.2 Å². The Balaban J connectivity index is 1.90. The van der Waals surface area contributed by atoms with Crippen molar-refractivity contribution in [2.45, 2.75) is 19.8 Å². The summed E-state index contributed by atoms with van der Waals surface area (Å²) in [5.74, 6) is 1.64. The molecule has 0 aliphatic carbocycles. The van der Waals surface area contributed by atoms with Gasteiger partial charge in [0.15, 0.2) is 15.5 Å². The van der Waals surface area contributed by atoms with Crippen LogP contribution in [0.1, 0.15) is 17.8 Å². The Morgan fingerprint density at radius 1 is 1.44 bits per heavy atom. The number of aromatic nitrogens is 3. The molecule has 0 saturated carbocycles. The second-order valence-electron chi connectivity index (χ2n) is 4.97. The van der Waals surface area contributed by atoms with Crippen molar-refractivity contribution < 1.29 is 8.42 Å². The fourth-order valence-corrected chi connectivity index (χ4v) is 4.39. The molecule has 2 aromatic rings. The van der Waals surface area contributed by atoms with Crippen LogP contribution >= 0.6 is 0 Å². The molecule has 6 heteroatoms. The molecule has 0 amide bonds. The Hall–Kier alpha value is -1.43. The van der Waals surface area contributed by atoms with Crippen LogP contribution < -0.4 is 0 Å². The molecule has 1 fully saturated rings. The summed E-state index contributed by atoms with van der Waals surface area (Å²) < 4.78 is 24.8. The smallest absolute Gasteiger partial charge is 0.163 e. The maximum Gasteiger partial charge on any atom is 0.163 e. The Morgan fingerprint density at radius 2 is 2.28 bits per heavy atom. The minimum atomic E-state index is -2.82. The Morgan fingerprint density at radius 3 is 3.00 bits per heavy atom. The molecule has 1 unspecified atom stereocenters. The zero-order chi connectivity index (χ0) is 12.8. The Labute approximate surface area is 106 Å². The summed E-state index contributed by atoms with van der Waals surface area (Å²) in [7, 11) is -2.82. The third-order valence-corrected chi connectivity index (χ3v) is 5.34. The van der Waals surface area contributed by atoms with E-state index in [0.29, 0.717) is 12.2 Å². The summed E-state index contributed by atoms with van der Waals surface area (Å²) in [6, 6.07) is 3.95. The lowest BCUT2D eigenvalue weighted by Crippen LogP contribution is -2.09. The minimum Gasteiger partial charge on any atom is -0.286 e. The van der Waals surface area contributed by atoms with E-state index in [0.717, 1.165) is 23.5 Å². The summed E-state index contributed by atoms with van der Waals surface area (Å²) in [4.78, 5) is 0. The van der Waals surface area contributed by atoms with Gasteiger partial charge in [0.25, 0.3) is 0 Å². The fraction of sp³-hybridized carbons (Fsp3) is 0.500. The topological polar surface area (TPSA) is 64.3 Å².